The van der Waals surface area contributed by atoms with E-state index in [1.54, 1.807) is 0 Å². The van der Waals surface area contributed by atoms with Gasteiger partial charge in [0.15, 0.2) is 5.84 Å². The van der Waals surface area contributed by atoms with E-state index in [0.29, 0.717) is 27.8 Å². The van der Waals surface area contributed by atoms with Gasteiger partial charge < -0.3 is 9.99 Å². The number of hydrogen-bond acceptors (Lipinski definition) is 4. The van der Waals surface area contributed by atoms with Crippen LogP contribution in [0.4, 0.5) is 0 Å². The second-order valence-electron chi connectivity index (χ2n) is 8.16. The van der Waals surface area contributed by atoms with E-state index in [2.05, 4.69) is 79.1 Å². The maximum Gasteiger partial charge on any atom is 0.223 e. The summed E-state index contributed by atoms with van der Waals surface area (Å²) < 4.78 is 0. The Balaban J connectivity index is 0.00000187. The normalized spacial score (nSPS) is 13.9. The minimum Gasteiger partial charge on any atom is -0.332 e. The zero-order chi connectivity index (χ0) is 24.2. The Morgan fingerprint density at radius 2 is 1.79 bits per heavy atom. The van der Waals surface area contributed by atoms with Crippen LogP contribution < -0.4 is 10.3 Å². The van der Waals surface area contributed by atoms with E-state index in [1.165, 1.54) is 0 Å². The molecule has 2 atom stereocenters. The summed E-state index contributed by atoms with van der Waals surface area (Å²) in [5, 5.41) is 10.6. The van der Waals surface area contributed by atoms with Gasteiger partial charge in [-0.15, -0.1) is 6.58 Å². The van der Waals surface area contributed by atoms with E-state index in [9.17, 15) is 4.79 Å². The molecular formula is C27H39N4OP. The number of unbranched alkanes of at least 4 members (excludes halogenated alkanes) is 1. The Morgan fingerprint density at radius 1 is 1.12 bits per heavy atom. The monoisotopic (exact) mass is 466 g/mol. The molecule has 178 valence electrons. The summed E-state index contributed by atoms with van der Waals surface area (Å²) >= 11 is 0. The molecule has 0 bridgehead atoms. The predicted molar refractivity (Wildman–Crippen MR) is 143 cm³/mol. The lowest BCUT2D eigenvalue weighted by Crippen LogP contribution is -2.41. The lowest BCUT2D eigenvalue weighted by Gasteiger charge is -2.33. The first-order chi connectivity index (χ1) is 16.0. The Morgan fingerprint density at radius 3 is 2.33 bits per heavy atom. The minimum atomic E-state index is 0.0320. The molecule has 0 saturated heterocycles. The molecule has 0 aromatic heterocycles. The van der Waals surface area contributed by atoms with Crippen LogP contribution in [-0.2, 0) is 11.3 Å². The molecular weight excluding hydrogens is 427 g/mol. The predicted octanol–water partition coefficient (Wildman–Crippen LogP) is 6.47. The van der Waals surface area contributed by atoms with Crippen LogP contribution in [0, 0.1) is 5.92 Å². The molecule has 6 heteroatoms. The third-order valence-corrected chi connectivity index (χ3v) is 6.14. The van der Waals surface area contributed by atoms with Crippen molar-refractivity contribution in [1.29, 1.82) is 0 Å². The molecule has 33 heavy (non-hydrogen) atoms. The number of carbonyl (C=O) groups is 1. The van der Waals surface area contributed by atoms with Crippen LogP contribution in [-0.4, -0.2) is 22.7 Å². The fraction of sp³-hybridized carbons (Fsp3) is 0.407. The van der Waals surface area contributed by atoms with Crippen molar-refractivity contribution >= 4 is 20.6 Å². The summed E-state index contributed by atoms with van der Waals surface area (Å²) in [6.07, 6.45) is 4.43. The fourth-order valence-electron chi connectivity index (χ4n) is 3.85. The highest BCUT2D eigenvalue weighted by Crippen LogP contribution is 2.27. The Bertz CT molecular complexity index is 924. The lowest BCUT2D eigenvalue weighted by molar-refractivity contribution is -0.134. The number of nitrogens with one attached hydrogen (secondary N) is 2. The van der Waals surface area contributed by atoms with Gasteiger partial charge in [0.1, 0.15) is 0 Å². The van der Waals surface area contributed by atoms with E-state index in [4.69, 9.17) is 0 Å². The topological polar surface area (TPSA) is 56.7 Å². The maximum absolute atomic E-state index is 12.9. The number of carbonyl (C=O) groups excluding carboxylic acids is 1. The quantitative estimate of drug-likeness (QED) is 0.312. The van der Waals surface area contributed by atoms with Gasteiger partial charge in [-0.25, -0.2) is 0 Å². The van der Waals surface area contributed by atoms with Gasteiger partial charge in [-0.1, -0.05) is 95.6 Å². The van der Waals surface area contributed by atoms with Crippen LogP contribution in [0.5, 0.6) is 0 Å². The van der Waals surface area contributed by atoms with Gasteiger partial charge in [0.2, 0.25) is 5.91 Å². The van der Waals surface area contributed by atoms with Gasteiger partial charge in [-0.3, -0.25) is 9.99 Å². The molecule has 1 heterocycles. The van der Waals surface area contributed by atoms with Gasteiger partial charge in [-0.05, 0) is 29.0 Å². The van der Waals surface area contributed by atoms with Crippen molar-refractivity contribution in [2.75, 3.05) is 0 Å². The number of benzene rings is 2. The Kier molecular flexibility index (Phi) is 11.1. The second kappa shape index (κ2) is 13.8. The molecule has 2 unspecified atom stereocenters. The minimum absolute atomic E-state index is 0.0320. The van der Waals surface area contributed by atoms with Gasteiger partial charge >= 0.3 is 0 Å². The number of nitrogens with zero attached hydrogens (tertiary/aromatic N) is 2. The smallest absolute Gasteiger partial charge is 0.223 e. The van der Waals surface area contributed by atoms with E-state index in [0.717, 1.165) is 40.9 Å². The average molecular weight is 467 g/mol. The van der Waals surface area contributed by atoms with Gasteiger partial charge in [-0.2, -0.15) is 5.10 Å². The van der Waals surface area contributed by atoms with Crippen LogP contribution in [0.2, 0.25) is 0 Å². The number of hydrogen-bond donors (Lipinski definition) is 2. The number of amidine groups is 1. The van der Waals surface area contributed by atoms with E-state index in [-0.39, 0.29) is 11.9 Å². The third-order valence-electron chi connectivity index (χ3n) is 5.55. The van der Waals surface area contributed by atoms with Gasteiger partial charge in [0.05, 0.1) is 14.9 Å². The van der Waals surface area contributed by atoms with Crippen molar-refractivity contribution in [2.24, 2.45) is 11.0 Å². The van der Waals surface area contributed by atoms with Crippen molar-refractivity contribution in [3.05, 3.63) is 72.3 Å². The van der Waals surface area contributed by atoms with Gasteiger partial charge in [0, 0.05) is 18.5 Å². The molecule has 5 nitrogen and oxygen atoms in total. The highest BCUT2D eigenvalue weighted by atomic mass is 31.1. The van der Waals surface area contributed by atoms with Crippen molar-refractivity contribution in [1.82, 2.24) is 15.2 Å². The first kappa shape index (κ1) is 26.6. The molecule has 0 aliphatic carbocycles. The van der Waals surface area contributed by atoms with E-state index >= 15 is 0 Å². The molecule has 0 saturated carbocycles. The number of amides is 1. The third kappa shape index (κ3) is 7.17. The zero-order valence-corrected chi connectivity index (χ0v) is 21.7. The van der Waals surface area contributed by atoms with Crippen LogP contribution in [0.3, 0.4) is 0 Å². The molecule has 0 radical (unpaired) electrons. The van der Waals surface area contributed by atoms with Gasteiger partial charge in [0.25, 0.3) is 0 Å². The molecule has 0 fully saturated rings. The van der Waals surface area contributed by atoms with E-state index < -0.39 is 0 Å². The molecule has 1 aliphatic heterocycles. The molecule has 1 aliphatic rings. The van der Waals surface area contributed by atoms with Crippen LogP contribution in [0.1, 0.15) is 65.0 Å². The summed E-state index contributed by atoms with van der Waals surface area (Å²) in [5.74, 6) is 1.40. The SMILES string of the molecule is C=CC(C(C)C)N(Cc1ccc(-c2ccccc2C2=NNPN2)cc1)C(=O)CCCC.CC. The summed E-state index contributed by atoms with van der Waals surface area (Å²) in [7, 11) is 0.406. The maximum atomic E-state index is 12.9. The highest BCUT2D eigenvalue weighted by molar-refractivity contribution is 7.34. The van der Waals surface area contributed by atoms with Crippen molar-refractivity contribution in [3.63, 3.8) is 0 Å². The number of rotatable bonds is 10. The second-order valence-corrected chi connectivity index (χ2v) is 8.88. The van der Waals surface area contributed by atoms with Crippen molar-refractivity contribution in [2.45, 2.75) is 66.5 Å². The molecule has 3 rings (SSSR count). The fourth-order valence-corrected chi connectivity index (χ4v) is 4.38. The van der Waals surface area contributed by atoms with Crippen molar-refractivity contribution in [3.8, 4) is 11.1 Å². The highest BCUT2D eigenvalue weighted by Gasteiger charge is 2.24. The summed E-state index contributed by atoms with van der Waals surface area (Å²) in [4.78, 5) is 14.9. The summed E-state index contributed by atoms with van der Waals surface area (Å²) in [6.45, 7) is 15.0. The Labute approximate surface area is 201 Å². The van der Waals surface area contributed by atoms with Crippen LogP contribution in [0.15, 0.2) is 66.3 Å². The van der Waals surface area contributed by atoms with Crippen LogP contribution >= 0.6 is 8.88 Å². The zero-order valence-electron chi connectivity index (χ0n) is 20.7. The average Bonchev–Trinajstić information content (AvgIpc) is 3.39. The standard InChI is InChI=1S/C25H33N4OP.C2H6/c1-5-7-12-24(30)29(23(6-2)18(3)4)17-19-13-15-20(16-14-19)21-10-8-9-11-22(21)25-26-28-31-27-25;1-2/h6,8-11,13-16,18,23,28,31H,2,5,7,12,17H2,1,3-4H3,(H,26,27);1-2H3. The first-order valence-corrected chi connectivity index (χ1v) is 13.0. The lowest BCUT2D eigenvalue weighted by atomic mass is 9.97. The summed E-state index contributed by atoms with van der Waals surface area (Å²) in [5.41, 5.74) is 4.47. The first-order valence-electron chi connectivity index (χ1n) is 12.0. The molecule has 2 aromatic carbocycles. The number of hydrazone groups is 1. The van der Waals surface area contributed by atoms with Crippen LogP contribution in [0.25, 0.3) is 11.1 Å². The van der Waals surface area contributed by atoms with Crippen molar-refractivity contribution < 1.29 is 4.79 Å². The summed E-state index contributed by atoms with van der Waals surface area (Å²) in [6, 6.07) is 16.8. The molecule has 1 amide bonds. The van der Waals surface area contributed by atoms with E-state index in [1.807, 2.05) is 37.0 Å². The molecule has 2 N–H and O–H groups in total. The largest absolute Gasteiger partial charge is 0.332 e. The Hall–Kier alpha value is -2.65. The molecule has 0 spiro atoms. The molecule has 2 aromatic rings.